The van der Waals surface area contributed by atoms with Crippen molar-refractivity contribution in [3.8, 4) is 17.1 Å². The number of nitrogens with zero attached hydrogens (tertiary/aromatic N) is 3. The van der Waals surface area contributed by atoms with Gasteiger partial charge < -0.3 is 10.1 Å². The maximum absolute atomic E-state index is 12.8. The Morgan fingerprint density at radius 2 is 1.90 bits per heavy atom. The predicted molar refractivity (Wildman–Crippen MR) is 116 cm³/mol. The number of benzene rings is 1. The first kappa shape index (κ1) is 20.0. The van der Waals surface area contributed by atoms with Crippen molar-refractivity contribution in [1.82, 2.24) is 20.2 Å². The summed E-state index contributed by atoms with van der Waals surface area (Å²) in [5.41, 5.74) is 3.51. The van der Waals surface area contributed by atoms with Gasteiger partial charge in [0.1, 0.15) is 0 Å². The minimum absolute atomic E-state index is 0.0540. The summed E-state index contributed by atoms with van der Waals surface area (Å²) in [7, 11) is 1.58. The highest BCUT2D eigenvalue weighted by Crippen LogP contribution is 2.20. The monoisotopic (exact) mass is 402 g/mol. The van der Waals surface area contributed by atoms with E-state index < -0.39 is 0 Å². The summed E-state index contributed by atoms with van der Waals surface area (Å²) in [6.07, 6.45) is 5.28. The van der Waals surface area contributed by atoms with E-state index >= 15 is 0 Å². The van der Waals surface area contributed by atoms with Crippen molar-refractivity contribution in [2.24, 2.45) is 0 Å². The minimum atomic E-state index is -0.0540. The van der Waals surface area contributed by atoms with Gasteiger partial charge in [0.2, 0.25) is 5.88 Å². The molecule has 0 spiro atoms. The number of nitrogens with one attached hydrogen (secondary N) is 1. The number of carbonyl (C=O) groups excluding carboxylic acids is 1. The number of piperidine rings is 1. The van der Waals surface area contributed by atoms with Gasteiger partial charge in [0.05, 0.1) is 12.8 Å². The summed E-state index contributed by atoms with van der Waals surface area (Å²) in [5.74, 6) is 0.493. The van der Waals surface area contributed by atoms with Crippen LogP contribution in [0.3, 0.4) is 0 Å². The molecular formula is C24H26N4O2. The molecule has 1 aromatic carbocycles. The Labute approximate surface area is 176 Å². The molecule has 30 heavy (non-hydrogen) atoms. The molecule has 4 rings (SSSR count). The lowest BCUT2D eigenvalue weighted by molar-refractivity contribution is 0.0909. The van der Waals surface area contributed by atoms with Crippen molar-refractivity contribution in [3.05, 3.63) is 78.1 Å². The van der Waals surface area contributed by atoms with Crippen molar-refractivity contribution in [1.29, 1.82) is 0 Å². The Bertz CT molecular complexity index is 968. The van der Waals surface area contributed by atoms with Crippen molar-refractivity contribution in [3.63, 3.8) is 0 Å². The Hall–Kier alpha value is -3.25. The summed E-state index contributed by atoms with van der Waals surface area (Å²) in [6, 6.07) is 17.9. The molecule has 0 aliphatic carbocycles. The van der Waals surface area contributed by atoms with E-state index in [1.807, 2.05) is 18.2 Å². The zero-order chi connectivity index (χ0) is 20.8. The highest BCUT2D eigenvalue weighted by atomic mass is 16.5. The smallest absolute Gasteiger partial charge is 0.251 e. The van der Waals surface area contributed by atoms with Gasteiger partial charge in [-0.3, -0.25) is 14.7 Å². The van der Waals surface area contributed by atoms with Gasteiger partial charge in [0.25, 0.3) is 5.91 Å². The highest BCUT2D eigenvalue weighted by molar-refractivity contribution is 5.95. The lowest BCUT2D eigenvalue weighted by atomic mass is 10.0. The summed E-state index contributed by atoms with van der Waals surface area (Å²) >= 11 is 0. The number of rotatable bonds is 6. The summed E-state index contributed by atoms with van der Waals surface area (Å²) in [6.45, 7) is 2.93. The van der Waals surface area contributed by atoms with Gasteiger partial charge in [0, 0.05) is 55.3 Å². The van der Waals surface area contributed by atoms with E-state index in [0.717, 1.165) is 43.7 Å². The number of amides is 1. The van der Waals surface area contributed by atoms with Crippen LogP contribution in [0.2, 0.25) is 0 Å². The van der Waals surface area contributed by atoms with Crippen LogP contribution in [0.15, 0.2) is 67.0 Å². The van der Waals surface area contributed by atoms with E-state index in [0.29, 0.717) is 11.4 Å². The second-order valence-electron chi connectivity index (χ2n) is 7.53. The lowest BCUT2D eigenvalue weighted by Crippen LogP contribution is -2.44. The van der Waals surface area contributed by atoms with Crippen molar-refractivity contribution >= 4 is 5.91 Å². The Morgan fingerprint density at radius 3 is 2.60 bits per heavy atom. The van der Waals surface area contributed by atoms with Crippen molar-refractivity contribution in [2.75, 3.05) is 20.2 Å². The van der Waals surface area contributed by atoms with Gasteiger partial charge in [-0.15, -0.1) is 0 Å². The first-order valence-corrected chi connectivity index (χ1v) is 10.2. The van der Waals surface area contributed by atoms with Crippen LogP contribution in [0.4, 0.5) is 0 Å². The number of hydrogen-bond donors (Lipinski definition) is 1. The van der Waals surface area contributed by atoms with E-state index in [-0.39, 0.29) is 11.9 Å². The largest absolute Gasteiger partial charge is 0.481 e. The predicted octanol–water partition coefficient (Wildman–Crippen LogP) is 3.55. The molecule has 6 nitrogen and oxygen atoms in total. The van der Waals surface area contributed by atoms with E-state index in [2.05, 4.69) is 44.5 Å². The fourth-order valence-corrected chi connectivity index (χ4v) is 3.73. The van der Waals surface area contributed by atoms with Gasteiger partial charge in [0.15, 0.2) is 0 Å². The van der Waals surface area contributed by atoms with Crippen molar-refractivity contribution < 1.29 is 9.53 Å². The molecule has 0 atom stereocenters. The second kappa shape index (κ2) is 9.50. The number of methoxy groups -OCH3 is 1. The van der Waals surface area contributed by atoms with Crippen LogP contribution < -0.4 is 10.1 Å². The fourth-order valence-electron chi connectivity index (χ4n) is 3.73. The number of pyridine rings is 2. The molecule has 3 aromatic rings. The van der Waals surface area contributed by atoms with Crippen LogP contribution in [0.25, 0.3) is 11.3 Å². The topological polar surface area (TPSA) is 67.3 Å². The van der Waals surface area contributed by atoms with Crippen LogP contribution in [-0.2, 0) is 6.54 Å². The zero-order valence-electron chi connectivity index (χ0n) is 17.1. The quantitative estimate of drug-likeness (QED) is 0.683. The molecule has 0 radical (unpaired) electrons. The van der Waals surface area contributed by atoms with Gasteiger partial charge in [-0.25, -0.2) is 4.98 Å². The molecule has 1 fully saturated rings. The number of ether oxygens (including phenoxy) is 1. The van der Waals surface area contributed by atoms with Gasteiger partial charge in [-0.2, -0.15) is 0 Å². The summed E-state index contributed by atoms with van der Waals surface area (Å²) in [4.78, 5) is 23.8. The molecule has 1 amide bonds. The molecule has 3 heterocycles. The molecule has 1 aliphatic rings. The highest BCUT2D eigenvalue weighted by Gasteiger charge is 2.21. The van der Waals surface area contributed by atoms with Gasteiger partial charge in [-0.1, -0.05) is 30.3 Å². The molecule has 1 aliphatic heterocycles. The maximum Gasteiger partial charge on any atom is 0.251 e. The Balaban J connectivity index is 1.33. The van der Waals surface area contributed by atoms with Crippen molar-refractivity contribution in [2.45, 2.75) is 25.4 Å². The molecule has 1 saturated heterocycles. The molecule has 6 heteroatoms. The third-order valence-corrected chi connectivity index (χ3v) is 5.44. The summed E-state index contributed by atoms with van der Waals surface area (Å²) < 4.78 is 5.09. The van der Waals surface area contributed by atoms with E-state index in [4.69, 9.17) is 4.74 Å². The second-order valence-corrected chi connectivity index (χ2v) is 7.53. The third kappa shape index (κ3) is 5.02. The number of carbonyl (C=O) groups is 1. The molecule has 2 aromatic heterocycles. The first-order chi connectivity index (χ1) is 14.7. The van der Waals surface area contributed by atoms with Crippen LogP contribution >= 0.6 is 0 Å². The average Bonchev–Trinajstić information content (AvgIpc) is 2.81. The third-order valence-electron chi connectivity index (χ3n) is 5.44. The molecule has 154 valence electrons. The van der Waals surface area contributed by atoms with Gasteiger partial charge in [-0.05, 0) is 36.6 Å². The van der Waals surface area contributed by atoms with Gasteiger partial charge >= 0.3 is 0 Å². The van der Waals surface area contributed by atoms with Crippen LogP contribution in [0, 0.1) is 0 Å². The molecule has 0 saturated carbocycles. The summed E-state index contributed by atoms with van der Waals surface area (Å²) in [5, 5.41) is 3.19. The molecule has 0 bridgehead atoms. The average molecular weight is 402 g/mol. The molecule has 0 unspecified atom stereocenters. The molecule has 1 N–H and O–H groups in total. The molecular weight excluding hydrogens is 376 g/mol. The number of aromatic nitrogens is 2. The van der Waals surface area contributed by atoms with Crippen LogP contribution in [-0.4, -0.2) is 47.0 Å². The van der Waals surface area contributed by atoms with E-state index in [1.54, 1.807) is 31.6 Å². The SMILES string of the molecule is COc1ccc(-c2cc(C(=O)NC3CCN(Cc4ccccc4)CC3)ccn2)cn1. The first-order valence-electron chi connectivity index (χ1n) is 10.2. The van der Waals surface area contributed by atoms with E-state index in [9.17, 15) is 4.79 Å². The van der Waals surface area contributed by atoms with Crippen LogP contribution in [0.1, 0.15) is 28.8 Å². The Kier molecular flexibility index (Phi) is 6.35. The number of likely N-dealkylation sites (tertiary alicyclic amines) is 1. The Morgan fingerprint density at radius 1 is 1.10 bits per heavy atom. The normalized spacial score (nSPS) is 15.0. The lowest BCUT2D eigenvalue weighted by Gasteiger charge is -2.32. The van der Waals surface area contributed by atoms with Crippen LogP contribution in [0.5, 0.6) is 5.88 Å². The standard InChI is InChI=1S/C24H26N4O2/c1-30-23-8-7-20(16-26-23)22-15-19(9-12-25-22)24(29)27-21-10-13-28(14-11-21)17-18-5-3-2-4-6-18/h2-9,12,15-16,21H,10-11,13-14,17H2,1H3,(H,27,29). The fraction of sp³-hybridized carbons (Fsp3) is 0.292. The van der Waals surface area contributed by atoms with E-state index in [1.165, 1.54) is 5.56 Å². The minimum Gasteiger partial charge on any atom is -0.481 e. The zero-order valence-corrected chi connectivity index (χ0v) is 17.1. The number of hydrogen-bond acceptors (Lipinski definition) is 5. The maximum atomic E-state index is 12.8.